The lowest BCUT2D eigenvalue weighted by molar-refractivity contribution is -0.142. The lowest BCUT2D eigenvalue weighted by Gasteiger charge is -2.37. The molecule has 14 nitrogen and oxygen atoms in total. The molecule has 0 spiro atoms. The van der Waals surface area contributed by atoms with Gasteiger partial charge in [0.25, 0.3) is 0 Å². The summed E-state index contributed by atoms with van der Waals surface area (Å²) in [6.45, 7) is 18.8. The van der Waals surface area contributed by atoms with Crippen LogP contribution in [0.15, 0.2) is 35.0 Å². The van der Waals surface area contributed by atoms with Gasteiger partial charge in [0, 0.05) is 73.9 Å². The molecule has 0 bridgehead atoms. The maximum absolute atomic E-state index is 14.2. The van der Waals surface area contributed by atoms with E-state index in [0.717, 1.165) is 77.0 Å². The highest BCUT2D eigenvalue weighted by atomic mass is 32.1. The Morgan fingerprint density at radius 2 is 0.986 bits per heavy atom. The van der Waals surface area contributed by atoms with E-state index in [4.69, 9.17) is 0 Å². The van der Waals surface area contributed by atoms with E-state index in [9.17, 15) is 28.8 Å². The molecular weight excluding hydrogens is 909 g/mol. The standard InChI is InChI=1S/C52H86N8O6S2.CH4/c1-37(53-9)47(63)55-45(51(3,4)5)49(65)59-29-17-21-39(59)35-57(31-27-41-23-19-33-67-41)43(61)25-15-13-11-12-14-16-26-44(62)58(32-28-42-24-20-34-68-42)36-40-22-18-30-60(40)50(66)46(52(6,7)8)56-48(64)38(2)54-10;/h19-20,23-24,33-34,37-40,45-46,53-54H,11-18,21-22,25-32,35-36H2,1-10H3,(H,55,63)(H,56,64);1H4/t37-,38-,39-,40-,45+,46+;/m0./s1. The first-order valence-corrected chi connectivity index (χ1v) is 27.2. The van der Waals surface area contributed by atoms with E-state index in [0.29, 0.717) is 52.1 Å². The molecule has 2 aromatic rings. The van der Waals surface area contributed by atoms with Gasteiger partial charge in [-0.15, -0.1) is 22.7 Å². The van der Waals surface area contributed by atoms with E-state index in [-0.39, 0.29) is 55.0 Å². The van der Waals surface area contributed by atoms with Gasteiger partial charge in [-0.25, -0.2) is 0 Å². The zero-order chi connectivity index (χ0) is 50.0. The summed E-state index contributed by atoms with van der Waals surface area (Å²) in [6.07, 6.45) is 11.1. The number of carbonyl (C=O) groups is 6. The van der Waals surface area contributed by atoms with Crippen molar-refractivity contribution in [3.63, 3.8) is 0 Å². The summed E-state index contributed by atoms with van der Waals surface area (Å²) in [5.74, 6) is -0.371. The first kappa shape index (κ1) is 59.4. The highest BCUT2D eigenvalue weighted by molar-refractivity contribution is 7.10. The predicted molar refractivity (Wildman–Crippen MR) is 282 cm³/mol. The monoisotopic (exact) mass is 999 g/mol. The molecule has 2 aliphatic heterocycles. The van der Waals surface area contributed by atoms with Gasteiger partial charge in [-0.3, -0.25) is 28.8 Å². The number of amides is 6. The first-order valence-electron chi connectivity index (χ1n) is 25.4. The molecule has 4 N–H and O–H groups in total. The van der Waals surface area contributed by atoms with Crippen molar-refractivity contribution in [3.8, 4) is 0 Å². The van der Waals surface area contributed by atoms with Gasteiger partial charge in [-0.05, 0) is 113 Å². The SMILES string of the molecule is C.CN[C@@H](C)C(=O)N[C@H](C(=O)N1CCC[C@H]1CN(CCc1cccs1)C(=O)CCCCCCCCC(=O)N(CCc1cccs1)C[C@@H]1CCCN1C(=O)[C@@H](NC(=O)[C@H](C)NC)C(C)(C)C)C(C)(C)C. The van der Waals surface area contributed by atoms with E-state index >= 15 is 0 Å². The number of likely N-dealkylation sites (N-methyl/N-ethyl adjacent to an activating group) is 2. The fraction of sp³-hybridized carbons (Fsp3) is 0.736. The molecule has 16 heteroatoms. The number of hydrogen-bond donors (Lipinski definition) is 4. The van der Waals surface area contributed by atoms with E-state index in [1.54, 1.807) is 50.6 Å². The zero-order valence-electron chi connectivity index (χ0n) is 43.1. The molecule has 0 unspecified atom stereocenters. The van der Waals surface area contributed by atoms with Crippen LogP contribution in [-0.2, 0) is 41.6 Å². The van der Waals surface area contributed by atoms with Gasteiger partial charge in [-0.2, -0.15) is 0 Å². The van der Waals surface area contributed by atoms with Gasteiger partial charge in [0.05, 0.1) is 12.1 Å². The predicted octanol–water partition coefficient (Wildman–Crippen LogP) is 7.27. The van der Waals surface area contributed by atoms with Crippen LogP contribution in [-0.4, -0.2) is 145 Å². The molecule has 4 rings (SSSR count). The summed E-state index contributed by atoms with van der Waals surface area (Å²) in [5.41, 5.74) is -0.986. The van der Waals surface area contributed by atoms with E-state index in [1.165, 1.54) is 9.75 Å². The molecule has 4 heterocycles. The van der Waals surface area contributed by atoms with E-state index in [2.05, 4.69) is 44.2 Å². The van der Waals surface area contributed by atoms with E-state index in [1.807, 2.05) is 73.3 Å². The van der Waals surface area contributed by atoms with Gasteiger partial charge in [-0.1, -0.05) is 86.8 Å². The third-order valence-electron chi connectivity index (χ3n) is 13.8. The lowest BCUT2D eigenvalue weighted by Crippen LogP contribution is -2.59. The molecule has 6 atom stereocenters. The molecule has 69 heavy (non-hydrogen) atoms. The van der Waals surface area contributed by atoms with Crippen molar-refractivity contribution in [1.29, 1.82) is 0 Å². The highest BCUT2D eigenvalue weighted by Crippen LogP contribution is 2.29. The summed E-state index contributed by atoms with van der Waals surface area (Å²) in [6, 6.07) is 5.82. The Bertz CT molecular complexity index is 1750. The maximum atomic E-state index is 14.2. The average Bonchev–Trinajstić information content (AvgIpc) is 4.16. The topological polar surface area (TPSA) is 163 Å². The van der Waals surface area contributed by atoms with Gasteiger partial charge >= 0.3 is 0 Å². The van der Waals surface area contributed by atoms with Gasteiger partial charge in [0.15, 0.2) is 0 Å². The second-order valence-electron chi connectivity index (χ2n) is 21.3. The number of thiophene rings is 2. The Balaban J connectivity index is 0.0000126. The highest BCUT2D eigenvalue weighted by Gasteiger charge is 2.42. The zero-order valence-corrected chi connectivity index (χ0v) is 44.8. The number of likely N-dealkylation sites (tertiary alicyclic amines) is 2. The normalized spacial score (nSPS) is 17.9. The molecule has 390 valence electrons. The van der Waals surface area contributed by atoms with Gasteiger partial charge in [0.1, 0.15) is 12.1 Å². The maximum Gasteiger partial charge on any atom is 0.246 e. The molecule has 0 aromatic carbocycles. The summed E-state index contributed by atoms with van der Waals surface area (Å²) in [4.78, 5) is 92.2. The van der Waals surface area contributed by atoms with Crippen molar-refractivity contribution in [2.24, 2.45) is 10.8 Å². The Morgan fingerprint density at radius 3 is 1.30 bits per heavy atom. The Hall–Kier alpha value is -3.86. The fourth-order valence-corrected chi connectivity index (χ4v) is 10.6. The Kier molecular flexibility index (Phi) is 24.9. The van der Waals surface area contributed by atoms with Crippen LogP contribution < -0.4 is 21.3 Å². The summed E-state index contributed by atoms with van der Waals surface area (Å²) in [5, 5.41) is 16.1. The minimum atomic E-state index is -0.683. The molecule has 6 amide bonds. The number of hydrogen-bond acceptors (Lipinski definition) is 10. The number of nitrogens with zero attached hydrogens (tertiary/aromatic N) is 4. The lowest BCUT2D eigenvalue weighted by atomic mass is 9.85. The third kappa shape index (κ3) is 18.7. The van der Waals surface area contributed by atoms with Gasteiger partial charge < -0.3 is 40.9 Å². The quantitative estimate of drug-likeness (QED) is 0.0680. The number of rotatable bonds is 27. The van der Waals surface area contributed by atoms with Gasteiger partial charge in [0.2, 0.25) is 35.4 Å². The Morgan fingerprint density at radius 1 is 0.623 bits per heavy atom. The van der Waals surface area contributed by atoms with Crippen molar-refractivity contribution < 1.29 is 28.8 Å². The summed E-state index contributed by atoms with van der Waals surface area (Å²) < 4.78 is 0. The first-order chi connectivity index (χ1) is 32.2. The molecule has 2 aromatic heterocycles. The van der Waals surface area contributed by atoms with Crippen molar-refractivity contribution in [2.75, 3.05) is 53.4 Å². The molecule has 0 saturated carbocycles. The molecule has 2 fully saturated rings. The van der Waals surface area contributed by atoms with Crippen LogP contribution in [0.3, 0.4) is 0 Å². The van der Waals surface area contributed by atoms with Crippen LogP contribution in [0.5, 0.6) is 0 Å². The van der Waals surface area contributed by atoms with Crippen molar-refractivity contribution in [3.05, 3.63) is 44.8 Å². The third-order valence-corrected chi connectivity index (χ3v) is 15.7. The van der Waals surface area contributed by atoms with Crippen molar-refractivity contribution >= 4 is 58.1 Å². The molecule has 0 radical (unpaired) electrons. The second-order valence-corrected chi connectivity index (χ2v) is 23.3. The van der Waals surface area contributed by atoms with Crippen molar-refractivity contribution in [1.82, 2.24) is 40.9 Å². The summed E-state index contributed by atoms with van der Waals surface area (Å²) in [7, 11) is 3.45. The van der Waals surface area contributed by atoms with Crippen LogP contribution in [0.1, 0.15) is 150 Å². The van der Waals surface area contributed by atoms with Crippen LogP contribution in [0, 0.1) is 10.8 Å². The van der Waals surface area contributed by atoms with Crippen LogP contribution >= 0.6 is 22.7 Å². The molecule has 2 saturated heterocycles. The smallest absolute Gasteiger partial charge is 0.246 e. The second kappa shape index (κ2) is 28.9. The minimum absolute atomic E-state index is 0. The number of unbranched alkanes of at least 4 members (excludes halogenated alkanes) is 5. The Labute approximate surface area is 423 Å². The molecule has 0 aliphatic carbocycles. The van der Waals surface area contributed by atoms with Crippen LogP contribution in [0.4, 0.5) is 0 Å². The fourth-order valence-electron chi connectivity index (χ4n) is 9.18. The minimum Gasteiger partial charge on any atom is -0.342 e. The number of nitrogens with one attached hydrogen (secondary N) is 4. The summed E-state index contributed by atoms with van der Waals surface area (Å²) >= 11 is 3.38. The van der Waals surface area contributed by atoms with Crippen LogP contribution in [0.2, 0.25) is 0 Å². The largest absolute Gasteiger partial charge is 0.342 e. The average molecular weight is 999 g/mol. The number of carbonyl (C=O) groups excluding carboxylic acids is 6. The molecule has 2 aliphatic rings. The molecular formula is C53H90N8O6S2. The van der Waals surface area contributed by atoms with Crippen LogP contribution in [0.25, 0.3) is 0 Å². The van der Waals surface area contributed by atoms with Crippen molar-refractivity contribution in [2.45, 2.75) is 189 Å². The van der Waals surface area contributed by atoms with E-state index < -0.39 is 35.0 Å².